The van der Waals surface area contributed by atoms with Gasteiger partial charge in [0, 0.05) is 16.7 Å². The minimum absolute atomic E-state index is 0.169. The minimum Gasteiger partial charge on any atom is -0.391 e. The van der Waals surface area contributed by atoms with Crippen molar-refractivity contribution in [3.8, 4) is 0 Å². The Morgan fingerprint density at radius 1 is 1.32 bits per heavy atom. The molecule has 0 aromatic heterocycles. The molecule has 0 aromatic rings. The first kappa shape index (κ1) is 16.5. The Labute approximate surface area is 123 Å². The van der Waals surface area contributed by atoms with E-state index in [0.29, 0.717) is 6.54 Å². The summed E-state index contributed by atoms with van der Waals surface area (Å²) in [5, 5.41) is 13.5. The number of hydrogen-bond acceptors (Lipinski definition) is 3. The van der Waals surface area contributed by atoms with E-state index in [4.69, 9.17) is 0 Å². The molecule has 1 aliphatic carbocycles. The normalized spacial score (nSPS) is 38.0. The number of piperidine rings is 1. The van der Waals surface area contributed by atoms with Gasteiger partial charge < -0.3 is 10.4 Å². The zero-order valence-electron chi connectivity index (χ0n) is 12.5. The van der Waals surface area contributed by atoms with Crippen LogP contribution in [0.25, 0.3) is 0 Å². The van der Waals surface area contributed by atoms with Crippen LogP contribution in [0.3, 0.4) is 0 Å². The summed E-state index contributed by atoms with van der Waals surface area (Å²) in [5.41, 5.74) is 1.02. The molecule has 0 aromatic carbocycles. The molecule has 0 saturated carbocycles. The van der Waals surface area contributed by atoms with E-state index in [1.165, 1.54) is 5.57 Å². The molecule has 2 N–H and O–H groups in total. The highest BCUT2D eigenvalue weighted by Crippen LogP contribution is 2.40. The summed E-state index contributed by atoms with van der Waals surface area (Å²) in [6, 6.07) is 0. The fourth-order valence-corrected chi connectivity index (χ4v) is 2.72. The molecule has 2 aliphatic rings. The number of nitrogens with one attached hydrogen (secondary N) is 1. The molecule has 1 fully saturated rings. The quantitative estimate of drug-likeness (QED) is 0.645. The summed E-state index contributed by atoms with van der Waals surface area (Å²) in [4.78, 5) is 0. The maximum absolute atomic E-state index is 10.3. The largest absolute Gasteiger partial charge is 0.391 e. The number of rotatable bonds is 1. The number of aliphatic hydroxyl groups excluding tert-OH is 1. The van der Waals surface area contributed by atoms with Gasteiger partial charge in [-0.25, -0.2) is 0 Å². The van der Waals surface area contributed by atoms with E-state index >= 15 is 0 Å². The van der Waals surface area contributed by atoms with Gasteiger partial charge in [0.2, 0.25) is 0 Å². The van der Waals surface area contributed by atoms with Gasteiger partial charge in [-0.3, -0.25) is 0 Å². The second-order valence-corrected chi connectivity index (χ2v) is 6.39. The van der Waals surface area contributed by atoms with E-state index in [-0.39, 0.29) is 16.3 Å². The van der Waals surface area contributed by atoms with E-state index < -0.39 is 0 Å². The fourth-order valence-electron chi connectivity index (χ4n) is 2.49. The molecular weight excluding hydrogens is 254 g/mol. The SMILES string of the molecule is CC.CC1(S)C=CC=CC(C2(C)CCNCC2O)=C1. The molecule has 0 radical (unpaired) electrons. The average molecular weight is 281 g/mol. The predicted molar refractivity (Wildman–Crippen MR) is 86.7 cm³/mol. The first-order valence-electron chi connectivity index (χ1n) is 7.14. The highest BCUT2D eigenvalue weighted by molar-refractivity contribution is 7.82. The fraction of sp³-hybridized carbons (Fsp3) is 0.625. The highest BCUT2D eigenvalue weighted by atomic mass is 32.1. The van der Waals surface area contributed by atoms with Gasteiger partial charge in [0.05, 0.1) is 6.10 Å². The van der Waals surface area contributed by atoms with Gasteiger partial charge in [0.25, 0.3) is 0 Å². The lowest BCUT2D eigenvalue weighted by atomic mass is 9.71. The summed E-state index contributed by atoms with van der Waals surface area (Å²) in [6.45, 7) is 9.83. The Hall–Kier alpha value is -0.510. The number of allylic oxidation sites excluding steroid dienone is 3. The third-order valence-corrected chi connectivity index (χ3v) is 4.10. The molecule has 1 heterocycles. The van der Waals surface area contributed by atoms with Gasteiger partial charge in [-0.05, 0) is 25.5 Å². The molecule has 0 amide bonds. The van der Waals surface area contributed by atoms with E-state index in [9.17, 15) is 5.11 Å². The molecule has 0 bridgehead atoms. The molecule has 1 aliphatic heterocycles. The Kier molecular flexibility index (Phi) is 5.90. The lowest BCUT2D eigenvalue weighted by Gasteiger charge is -2.40. The third kappa shape index (κ3) is 3.98. The van der Waals surface area contributed by atoms with Crippen molar-refractivity contribution in [2.45, 2.75) is 45.0 Å². The zero-order chi connectivity index (χ0) is 14.5. The van der Waals surface area contributed by atoms with Gasteiger partial charge >= 0.3 is 0 Å². The molecular formula is C16H27NOS. The van der Waals surface area contributed by atoms with Gasteiger partial charge in [0.15, 0.2) is 0 Å². The number of β-amino-alcohol motifs (C(OH)–C–C–N with tert-alkyl or cyclic N) is 1. The first-order chi connectivity index (χ1) is 8.94. The van der Waals surface area contributed by atoms with Crippen molar-refractivity contribution >= 4 is 12.6 Å². The summed E-state index contributed by atoms with van der Waals surface area (Å²) in [7, 11) is 0. The topological polar surface area (TPSA) is 32.3 Å². The maximum atomic E-state index is 10.3. The standard InChI is InChI=1S/C14H21NOS.C2H6/c1-13(17)6-4-3-5-11(9-13)14(2)7-8-15-10-12(14)16;1-2/h3-6,9,12,15-17H,7-8,10H2,1-2H3;1-2H3. The number of thiol groups is 1. The van der Waals surface area contributed by atoms with E-state index in [1.54, 1.807) is 0 Å². The van der Waals surface area contributed by atoms with E-state index in [0.717, 1.165) is 13.0 Å². The van der Waals surface area contributed by atoms with Crippen LogP contribution >= 0.6 is 12.6 Å². The first-order valence-corrected chi connectivity index (χ1v) is 7.59. The third-order valence-electron chi connectivity index (χ3n) is 3.82. The number of aliphatic hydroxyl groups is 1. The molecule has 0 spiro atoms. The van der Waals surface area contributed by atoms with Crippen LogP contribution in [-0.2, 0) is 0 Å². The lowest BCUT2D eigenvalue weighted by molar-refractivity contribution is 0.0389. The van der Waals surface area contributed by atoms with E-state index in [1.807, 2.05) is 26.0 Å². The molecule has 3 atom stereocenters. The summed E-state index contributed by atoms with van der Waals surface area (Å²) < 4.78 is -0.244. The summed E-state index contributed by atoms with van der Waals surface area (Å²) in [6.07, 6.45) is 11.0. The molecule has 2 rings (SSSR count). The van der Waals surface area contributed by atoms with Crippen LogP contribution in [-0.4, -0.2) is 29.0 Å². The Morgan fingerprint density at radius 3 is 2.63 bits per heavy atom. The van der Waals surface area contributed by atoms with Crippen molar-refractivity contribution < 1.29 is 5.11 Å². The van der Waals surface area contributed by atoms with Gasteiger partial charge in [-0.1, -0.05) is 51.2 Å². The molecule has 19 heavy (non-hydrogen) atoms. The predicted octanol–water partition coefficient (Wildman–Crippen LogP) is 3.11. The van der Waals surface area contributed by atoms with Crippen LogP contribution in [0.2, 0.25) is 0 Å². The smallest absolute Gasteiger partial charge is 0.0758 e. The van der Waals surface area contributed by atoms with Crippen LogP contribution in [0.1, 0.15) is 34.1 Å². The van der Waals surface area contributed by atoms with Crippen molar-refractivity contribution in [2.75, 3.05) is 13.1 Å². The van der Waals surface area contributed by atoms with Crippen molar-refractivity contribution in [1.29, 1.82) is 0 Å². The average Bonchev–Trinajstić information content (AvgIpc) is 2.57. The Balaban J connectivity index is 0.000000861. The van der Waals surface area contributed by atoms with Gasteiger partial charge in [-0.2, -0.15) is 12.6 Å². The molecule has 3 heteroatoms. The highest BCUT2D eigenvalue weighted by Gasteiger charge is 2.38. The monoisotopic (exact) mass is 281 g/mol. The minimum atomic E-state index is -0.339. The summed E-state index contributed by atoms with van der Waals surface area (Å²) >= 11 is 4.63. The number of hydrogen-bond donors (Lipinski definition) is 3. The molecule has 2 nitrogen and oxygen atoms in total. The molecule has 3 unspecified atom stereocenters. The van der Waals surface area contributed by atoms with Crippen LogP contribution in [0.4, 0.5) is 0 Å². The van der Waals surface area contributed by atoms with Crippen molar-refractivity contribution in [1.82, 2.24) is 5.32 Å². The van der Waals surface area contributed by atoms with Gasteiger partial charge in [0.1, 0.15) is 0 Å². The van der Waals surface area contributed by atoms with Crippen LogP contribution in [0.5, 0.6) is 0 Å². The van der Waals surface area contributed by atoms with Crippen molar-refractivity contribution in [3.05, 3.63) is 36.0 Å². The second-order valence-electron chi connectivity index (χ2n) is 5.43. The Bertz CT molecular complexity index is 384. The van der Waals surface area contributed by atoms with E-state index in [2.05, 4.69) is 50.0 Å². The van der Waals surface area contributed by atoms with Crippen LogP contribution in [0.15, 0.2) is 36.0 Å². The van der Waals surface area contributed by atoms with Crippen LogP contribution in [0, 0.1) is 5.41 Å². The second kappa shape index (κ2) is 6.78. The summed E-state index contributed by atoms with van der Waals surface area (Å²) in [5.74, 6) is 0. The molecule has 108 valence electrons. The Morgan fingerprint density at radius 2 is 2.00 bits per heavy atom. The lowest BCUT2D eigenvalue weighted by Crippen LogP contribution is -2.48. The molecule has 1 saturated heterocycles. The maximum Gasteiger partial charge on any atom is 0.0758 e. The van der Waals surface area contributed by atoms with Crippen molar-refractivity contribution in [2.24, 2.45) is 5.41 Å². The van der Waals surface area contributed by atoms with Gasteiger partial charge in [-0.15, -0.1) is 0 Å². The van der Waals surface area contributed by atoms with Crippen molar-refractivity contribution in [3.63, 3.8) is 0 Å². The van der Waals surface area contributed by atoms with Crippen LogP contribution < -0.4 is 5.32 Å². The zero-order valence-corrected chi connectivity index (χ0v) is 13.4.